The van der Waals surface area contributed by atoms with Gasteiger partial charge in [0, 0.05) is 42.1 Å². The summed E-state index contributed by atoms with van der Waals surface area (Å²) in [6.07, 6.45) is 5.13. The summed E-state index contributed by atoms with van der Waals surface area (Å²) in [5.74, 6) is 12.6. The fourth-order valence-corrected chi connectivity index (χ4v) is 4.78. The minimum atomic E-state index is -0.536. The van der Waals surface area contributed by atoms with Gasteiger partial charge < -0.3 is 9.73 Å². The molecule has 6 nitrogen and oxygen atoms in total. The van der Waals surface area contributed by atoms with Crippen LogP contribution >= 0.6 is 10.9 Å². The number of hydrazine groups is 1. The van der Waals surface area contributed by atoms with Crippen molar-refractivity contribution in [2.75, 3.05) is 17.4 Å². The molecule has 1 aromatic carbocycles. The van der Waals surface area contributed by atoms with E-state index in [2.05, 4.69) is 58.2 Å². The van der Waals surface area contributed by atoms with Gasteiger partial charge in [-0.25, -0.2) is 14.0 Å². The predicted molar refractivity (Wildman–Crippen MR) is 141 cm³/mol. The van der Waals surface area contributed by atoms with Crippen molar-refractivity contribution in [3.05, 3.63) is 66.2 Å². The molecule has 0 bridgehead atoms. The Bertz CT molecular complexity index is 968. The molecule has 0 spiro atoms. The number of anilines is 1. The van der Waals surface area contributed by atoms with E-state index in [1.807, 2.05) is 12.1 Å². The van der Waals surface area contributed by atoms with Gasteiger partial charge in [-0.2, -0.15) is 0 Å². The number of benzene rings is 1. The summed E-state index contributed by atoms with van der Waals surface area (Å²) in [6, 6.07) is 8.78. The third-order valence-electron chi connectivity index (χ3n) is 5.01. The second-order valence-corrected chi connectivity index (χ2v) is 10.2. The molecule has 3 N–H and O–H groups in total. The quantitative estimate of drug-likeness (QED) is 0.265. The van der Waals surface area contributed by atoms with Crippen molar-refractivity contribution in [2.45, 2.75) is 40.0 Å². The summed E-state index contributed by atoms with van der Waals surface area (Å²) in [4.78, 5) is 4.22. The maximum atomic E-state index is 14.8. The predicted octanol–water partition coefficient (Wildman–Crippen LogP) is 4.73. The van der Waals surface area contributed by atoms with E-state index in [4.69, 9.17) is 11.1 Å². The van der Waals surface area contributed by atoms with E-state index >= 15 is 0 Å². The summed E-state index contributed by atoms with van der Waals surface area (Å²) in [7, 11) is -0.536. The lowest BCUT2D eigenvalue weighted by atomic mass is 9.45. The number of nitrogens with zero attached hydrogens (tertiary/aromatic N) is 4. The molecule has 0 aliphatic carbocycles. The van der Waals surface area contributed by atoms with Crippen LogP contribution in [0.1, 0.15) is 31.9 Å². The van der Waals surface area contributed by atoms with Crippen molar-refractivity contribution in [1.29, 1.82) is 5.26 Å². The molecule has 1 unspecified atom stereocenters. The van der Waals surface area contributed by atoms with Crippen LogP contribution in [-0.2, 0) is 6.54 Å². The number of halogens is 1. The third kappa shape index (κ3) is 8.00. The largest absolute Gasteiger partial charge is 0.324 e. The standard InChI is InChI=1S/C20H24BFN6S.C4H10/c1-16(26-24)17-5-6-18(20(22)12-17)14-28(19-4-3-9-25-13-19)29(2)27-10-7-21(15-23)8-11-27;1-4(2)3/h3-6,9,12-13,26H,1-2,7-8,10-11,14,24H2;4H,1-3H3. The maximum absolute atomic E-state index is 14.8. The van der Waals surface area contributed by atoms with Crippen LogP contribution in [0.4, 0.5) is 10.1 Å². The topological polar surface area (TPSA) is 81.2 Å². The van der Waals surface area contributed by atoms with Crippen molar-refractivity contribution >= 4 is 34.8 Å². The lowest BCUT2D eigenvalue weighted by Gasteiger charge is -2.37. The molecule has 0 saturated carbocycles. The molecule has 1 aliphatic heterocycles. The fourth-order valence-electron chi connectivity index (χ4n) is 3.23. The first kappa shape index (κ1) is 26.6. The number of rotatable bonds is 7. The molecule has 0 amide bonds. The summed E-state index contributed by atoms with van der Waals surface area (Å²) in [5, 5.41) is 9.15. The van der Waals surface area contributed by atoms with Crippen LogP contribution in [0.2, 0.25) is 12.6 Å². The summed E-state index contributed by atoms with van der Waals surface area (Å²) in [5.41, 5.74) is 4.94. The van der Waals surface area contributed by atoms with Crippen molar-refractivity contribution in [2.24, 2.45) is 11.8 Å². The van der Waals surface area contributed by atoms with Crippen LogP contribution in [-0.4, -0.2) is 35.0 Å². The highest BCUT2D eigenvalue weighted by Crippen LogP contribution is 2.34. The number of nitrogens with two attached hydrogens (primary N) is 1. The second-order valence-electron chi connectivity index (χ2n) is 8.58. The van der Waals surface area contributed by atoms with Crippen LogP contribution in [0, 0.1) is 23.0 Å². The molecule has 3 rings (SSSR count). The minimum absolute atomic E-state index is 0.101. The number of hydrogen-bond acceptors (Lipinski definition) is 6. The molecule has 1 fully saturated rings. The van der Waals surface area contributed by atoms with E-state index in [-0.39, 0.29) is 12.5 Å². The van der Waals surface area contributed by atoms with E-state index in [0.29, 0.717) is 23.4 Å². The summed E-state index contributed by atoms with van der Waals surface area (Å²) in [6.45, 7) is 12.3. The Kier molecular flexibility index (Phi) is 10.6. The average Bonchev–Trinajstić information content (AvgIpc) is 2.82. The molecule has 1 saturated heterocycles. The maximum Gasteiger partial charge on any atom is 0.270 e. The molecule has 2 aromatic rings. The van der Waals surface area contributed by atoms with E-state index in [9.17, 15) is 4.39 Å². The van der Waals surface area contributed by atoms with E-state index in [0.717, 1.165) is 37.3 Å². The Morgan fingerprint density at radius 3 is 2.55 bits per heavy atom. The van der Waals surface area contributed by atoms with E-state index < -0.39 is 10.9 Å². The number of nitrogens with one attached hydrogen (secondary N) is 1. The molecule has 33 heavy (non-hydrogen) atoms. The fraction of sp³-hybridized carbons (Fsp3) is 0.375. The molecular formula is C24H34BFN6S. The van der Waals surface area contributed by atoms with E-state index in [1.165, 1.54) is 6.07 Å². The molecule has 1 aromatic heterocycles. The van der Waals surface area contributed by atoms with Crippen LogP contribution in [0.3, 0.4) is 0 Å². The lowest BCUT2D eigenvalue weighted by molar-refractivity contribution is 0.500. The molecule has 2 heterocycles. The van der Waals surface area contributed by atoms with Gasteiger partial charge in [-0.05, 0) is 53.5 Å². The first-order valence-electron chi connectivity index (χ1n) is 11.1. The smallest absolute Gasteiger partial charge is 0.270 e. The zero-order valence-corrected chi connectivity index (χ0v) is 20.6. The first-order chi connectivity index (χ1) is 15.8. The van der Waals surface area contributed by atoms with Crippen molar-refractivity contribution in [3.8, 4) is 5.97 Å². The monoisotopic (exact) mass is 468 g/mol. The van der Waals surface area contributed by atoms with Crippen molar-refractivity contribution in [1.82, 2.24) is 14.7 Å². The molecule has 1 aliphatic rings. The van der Waals surface area contributed by atoms with Gasteiger partial charge in [-0.3, -0.25) is 10.8 Å². The number of aromatic nitrogens is 1. The van der Waals surface area contributed by atoms with Crippen molar-refractivity contribution in [3.63, 3.8) is 0 Å². The van der Waals surface area contributed by atoms with Gasteiger partial charge in [0.15, 0.2) is 0 Å². The summed E-state index contributed by atoms with van der Waals surface area (Å²) < 4.78 is 19.1. The van der Waals surface area contributed by atoms with Gasteiger partial charge in [-0.15, -0.1) is 0 Å². The Morgan fingerprint density at radius 2 is 2.03 bits per heavy atom. The van der Waals surface area contributed by atoms with Gasteiger partial charge >= 0.3 is 0 Å². The van der Waals surface area contributed by atoms with Crippen LogP contribution in [0.5, 0.6) is 0 Å². The lowest BCUT2D eigenvalue weighted by Crippen LogP contribution is -2.37. The molecule has 0 radical (unpaired) electrons. The van der Waals surface area contributed by atoms with Gasteiger partial charge in [0.05, 0.1) is 18.4 Å². The molecule has 176 valence electrons. The Labute approximate surface area is 200 Å². The zero-order chi connectivity index (χ0) is 24.4. The average molecular weight is 468 g/mol. The third-order valence-corrected chi connectivity index (χ3v) is 6.82. The Hall–Kier alpha value is -2.67. The zero-order valence-electron chi connectivity index (χ0n) is 19.8. The van der Waals surface area contributed by atoms with Crippen molar-refractivity contribution < 1.29 is 4.39 Å². The number of nitriles is 1. The van der Waals surface area contributed by atoms with Gasteiger partial charge in [-0.1, -0.05) is 39.5 Å². The Morgan fingerprint density at radius 1 is 1.36 bits per heavy atom. The molecular weight excluding hydrogens is 434 g/mol. The van der Waals surface area contributed by atoms with E-state index in [1.54, 1.807) is 24.5 Å². The molecule has 9 heteroatoms. The van der Waals surface area contributed by atoms with Crippen LogP contribution in [0.25, 0.3) is 5.70 Å². The minimum Gasteiger partial charge on any atom is -0.324 e. The number of hydrogen-bond donors (Lipinski definition) is 2. The summed E-state index contributed by atoms with van der Waals surface area (Å²) >= 11 is 0. The SMILES string of the molecule is C=C(NN)c1ccc(CN(c2cccnc2)S(=C)N2CCB(C#N)CC2)c(F)c1.CC(C)C. The molecule has 1 atom stereocenters. The number of pyridine rings is 1. The highest BCUT2D eigenvalue weighted by Gasteiger charge is 2.26. The first-order valence-corrected chi connectivity index (χ1v) is 12.4. The highest BCUT2D eigenvalue weighted by atomic mass is 32.2. The van der Waals surface area contributed by atoms with Gasteiger partial charge in [0.1, 0.15) is 5.82 Å². The second kappa shape index (κ2) is 13.1. The highest BCUT2D eigenvalue weighted by molar-refractivity contribution is 8.13. The normalized spacial score (nSPS) is 14.6. The van der Waals surface area contributed by atoms with Crippen LogP contribution in [0.15, 0.2) is 49.3 Å². The Balaban J connectivity index is 0.000000890. The van der Waals surface area contributed by atoms with Crippen LogP contribution < -0.4 is 15.6 Å². The van der Waals surface area contributed by atoms with Gasteiger partial charge in [0.2, 0.25) is 0 Å². The van der Waals surface area contributed by atoms with Gasteiger partial charge in [0.25, 0.3) is 6.71 Å².